The lowest BCUT2D eigenvalue weighted by Crippen LogP contribution is -2.03. The second kappa shape index (κ2) is 6.74. The molecule has 17 heavy (non-hydrogen) atoms. The molecule has 0 spiro atoms. The monoisotopic (exact) mass is 293 g/mol. The van der Waals surface area contributed by atoms with Gasteiger partial charge >= 0.3 is 0 Å². The summed E-state index contributed by atoms with van der Waals surface area (Å²) in [7, 11) is 3.07. The molecular formula is C11H10Cl3NO2. The molecule has 1 aromatic carbocycles. The Hall–Kier alpha value is -0.900. The summed E-state index contributed by atoms with van der Waals surface area (Å²) in [5.41, 5.74) is 0.737. The maximum Gasteiger partial charge on any atom is 0.221 e. The van der Waals surface area contributed by atoms with Crippen LogP contribution in [0.3, 0.4) is 0 Å². The average Bonchev–Trinajstić information content (AvgIpc) is 2.35. The maximum atomic E-state index is 5.72. The zero-order valence-electron chi connectivity index (χ0n) is 9.21. The van der Waals surface area contributed by atoms with E-state index in [0.717, 1.165) is 11.3 Å². The molecule has 6 heteroatoms. The molecule has 0 aromatic heterocycles. The third-order valence-corrected chi connectivity index (χ3v) is 2.71. The van der Waals surface area contributed by atoms with Gasteiger partial charge in [-0.15, -0.1) is 0 Å². The van der Waals surface area contributed by atoms with Crippen molar-refractivity contribution in [1.82, 2.24) is 0 Å². The maximum absolute atomic E-state index is 5.72. The van der Waals surface area contributed by atoms with Crippen molar-refractivity contribution >= 4 is 40.7 Å². The molecule has 0 unspecified atom stereocenters. The van der Waals surface area contributed by atoms with E-state index >= 15 is 0 Å². The lowest BCUT2D eigenvalue weighted by Gasteiger charge is -2.06. The number of aliphatic imine (C=N–C) groups is 1. The van der Waals surface area contributed by atoms with E-state index < -0.39 is 0 Å². The molecule has 0 fully saturated rings. The molecule has 1 rings (SSSR count). The van der Waals surface area contributed by atoms with Crippen LogP contribution in [0, 0.1) is 0 Å². The van der Waals surface area contributed by atoms with Gasteiger partial charge in [0.05, 0.1) is 14.2 Å². The molecule has 0 amide bonds. The zero-order valence-corrected chi connectivity index (χ0v) is 11.5. The molecule has 0 bridgehead atoms. The molecule has 0 saturated heterocycles. The van der Waals surface area contributed by atoms with E-state index in [1.165, 1.54) is 7.11 Å². The van der Waals surface area contributed by atoms with Crippen molar-refractivity contribution in [2.75, 3.05) is 14.2 Å². The van der Waals surface area contributed by atoms with Crippen molar-refractivity contribution in [3.8, 4) is 5.75 Å². The van der Waals surface area contributed by atoms with Crippen LogP contribution in [0.15, 0.2) is 38.9 Å². The number of halogens is 3. The van der Waals surface area contributed by atoms with Gasteiger partial charge in [0.2, 0.25) is 5.90 Å². The SMILES string of the molecule is CO/C(=N\C(Cl)=C(Cl)Cl)c1ccc(OC)cc1. The summed E-state index contributed by atoms with van der Waals surface area (Å²) < 4.78 is 10.0. The minimum atomic E-state index is -0.116. The van der Waals surface area contributed by atoms with Crippen LogP contribution in [0.2, 0.25) is 0 Å². The van der Waals surface area contributed by atoms with Crippen molar-refractivity contribution in [2.45, 2.75) is 0 Å². The number of benzene rings is 1. The fourth-order valence-corrected chi connectivity index (χ4v) is 1.25. The molecule has 0 heterocycles. The molecule has 92 valence electrons. The first kappa shape index (κ1) is 14.2. The van der Waals surface area contributed by atoms with Crippen LogP contribution >= 0.6 is 34.8 Å². The highest BCUT2D eigenvalue weighted by Crippen LogP contribution is 2.20. The minimum Gasteiger partial charge on any atom is -0.497 e. The number of rotatable bonds is 3. The first-order chi connectivity index (χ1) is 8.08. The predicted octanol–water partition coefficient (Wildman–Crippen LogP) is 3.93. The molecule has 0 aliphatic carbocycles. The highest BCUT2D eigenvalue weighted by molar-refractivity contribution is 6.59. The average molecular weight is 295 g/mol. The van der Waals surface area contributed by atoms with Gasteiger partial charge in [0, 0.05) is 5.56 Å². The number of nitrogens with zero attached hydrogens (tertiary/aromatic N) is 1. The smallest absolute Gasteiger partial charge is 0.221 e. The van der Waals surface area contributed by atoms with Crippen LogP contribution in [0.1, 0.15) is 5.56 Å². The molecule has 0 aliphatic rings. The molecule has 0 atom stereocenters. The summed E-state index contributed by atoms with van der Waals surface area (Å²) >= 11 is 16.7. The summed E-state index contributed by atoms with van der Waals surface area (Å²) in [6.07, 6.45) is 0. The fourth-order valence-electron chi connectivity index (χ4n) is 1.09. The largest absolute Gasteiger partial charge is 0.497 e. The second-order valence-electron chi connectivity index (χ2n) is 2.90. The summed E-state index contributed by atoms with van der Waals surface area (Å²) in [4.78, 5) is 3.96. The van der Waals surface area contributed by atoms with Crippen molar-refractivity contribution < 1.29 is 9.47 Å². The third-order valence-electron chi connectivity index (χ3n) is 1.89. The summed E-state index contributed by atoms with van der Waals surface area (Å²) in [5, 5.41) is -0.0269. The van der Waals surface area contributed by atoms with Crippen molar-refractivity contribution in [3.63, 3.8) is 0 Å². The first-order valence-corrected chi connectivity index (χ1v) is 5.69. The first-order valence-electron chi connectivity index (χ1n) is 4.56. The highest BCUT2D eigenvalue weighted by atomic mass is 35.5. The summed E-state index contributed by atoms with van der Waals surface area (Å²) in [5.74, 6) is 1.05. The number of hydrogen-bond acceptors (Lipinski definition) is 3. The van der Waals surface area contributed by atoms with Crippen LogP contribution in [0.25, 0.3) is 0 Å². The second-order valence-corrected chi connectivity index (χ2v) is 4.21. The Labute approximate surface area is 115 Å². The molecule has 0 N–H and O–H groups in total. The van der Waals surface area contributed by atoms with Crippen LogP contribution in [0.5, 0.6) is 5.75 Å². The van der Waals surface area contributed by atoms with Gasteiger partial charge in [0.25, 0.3) is 0 Å². The van der Waals surface area contributed by atoms with Gasteiger partial charge in [-0.25, -0.2) is 0 Å². The van der Waals surface area contributed by atoms with Gasteiger partial charge < -0.3 is 9.47 Å². The van der Waals surface area contributed by atoms with Gasteiger partial charge in [-0.05, 0) is 24.3 Å². The van der Waals surface area contributed by atoms with Crippen LogP contribution in [-0.4, -0.2) is 20.1 Å². The van der Waals surface area contributed by atoms with Gasteiger partial charge in [-0.2, -0.15) is 4.99 Å². The van der Waals surface area contributed by atoms with Crippen LogP contribution in [-0.2, 0) is 4.74 Å². The Kier molecular flexibility index (Phi) is 5.62. The van der Waals surface area contributed by atoms with Gasteiger partial charge in [0.1, 0.15) is 10.2 Å². The summed E-state index contributed by atoms with van der Waals surface area (Å²) in [6, 6.07) is 7.13. The van der Waals surface area contributed by atoms with Crippen LogP contribution in [0.4, 0.5) is 0 Å². The van der Waals surface area contributed by atoms with E-state index in [0.29, 0.717) is 5.90 Å². The van der Waals surface area contributed by atoms with Crippen molar-refractivity contribution in [1.29, 1.82) is 0 Å². The standard InChI is InChI=1S/C11H10Cl3NO2/c1-16-8-5-3-7(4-6-8)11(17-2)15-10(14)9(12)13/h3-6H,1-2H3/b15-11-. The van der Waals surface area contributed by atoms with E-state index in [4.69, 9.17) is 44.3 Å². The van der Waals surface area contributed by atoms with Crippen LogP contribution < -0.4 is 4.74 Å². The highest BCUT2D eigenvalue weighted by Gasteiger charge is 2.06. The van der Waals surface area contributed by atoms with Crippen molar-refractivity contribution in [2.24, 2.45) is 4.99 Å². The lowest BCUT2D eigenvalue weighted by atomic mass is 10.2. The van der Waals surface area contributed by atoms with E-state index in [-0.39, 0.29) is 9.65 Å². The molecule has 0 aliphatic heterocycles. The van der Waals surface area contributed by atoms with E-state index in [1.807, 2.05) is 0 Å². The Morgan fingerprint density at radius 2 is 1.65 bits per heavy atom. The van der Waals surface area contributed by atoms with E-state index in [1.54, 1.807) is 31.4 Å². The zero-order chi connectivity index (χ0) is 12.8. The Balaban J connectivity index is 3.05. The molecule has 1 aromatic rings. The Morgan fingerprint density at radius 1 is 1.06 bits per heavy atom. The Morgan fingerprint density at radius 3 is 2.06 bits per heavy atom. The van der Waals surface area contributed by atoms with E-state index in [9.17, 15) is 0 Å². The number of hydrogen-bond donors (Lipinski definition) is 0. The van der Waals surface area contributed by atoms with Gasteiger partial charge in [0.15, 0.2) is 5.16 Å². The molecule has 0 saturated carbocycles. The topological polar surface area (TPSA) is 30.8 Å². The normalized spacial score (nSPS) is 11.0. The van der Waals surface area contributed by atoms with Crippen molar-refractivity contribution in [3.05, 3.63) is 39.5 Å². The molecule has 0 radical (unpaired) electrons. The number of ether oxygens (including phenoxy) is 2. The number of methoxy groups -OCH3 is 2. The summed E-state index contributed by atoms with van der Waals surface area (Å²) in [6.45, 7) is 0. The van der Waals surface area contributed by atoms with Gasteiger partial charge in [-0.3, -0.25) is 0 Å². The minimum absolute atomic E-state index is 0.0269. The predicted molar refractivity (Wildman–Crippen MR) is 71.1 cm³/mol. The van der Waals surface area contributed by atoms with E-state index in [2.05, 4.69) is 4.99 Å². The quantitative estimate of drug-likeness (QED) is 0.480. The molecule has 3 nitrogen and oxygen atoms in total. The third kappa shape index (κ3) is 4.11. The Bertz CT molecular complexity index is 437. The van der Waals surface area contributed by atoms with Gasteiger partial charge in [-0.1, -0.05) is 34.8 Å². The lowest BCUT2D eigenvalue weighted by molar-refractivity contribution is 0.403. The fraction of sp³-hybridized carbons (Fsp3) is 0.182. The molecular weight excluding hydrogens is 284 g/mol.